The fourth-order valence-corrected chi connectivity index (χ4v) is 1.32. The first-order chi connectivity index (χ1) is 4.60. The number of rotatable bonds is 0. The van der Waals surface area contributed by atoms with Crippen LogP contribution in [0.2, 0.25) is 0 Å². The molecule has 2 nitrogen and oxygen atoms in total. The third-order valence-corrected chi connectivity index (χ3v) is 1.76. The Balaban J connectivity index is 2.60. The maximum absolute atomic E-state index is 9.62. The van der Waals surface area contributed by atoms with E-state index in [2.05, 4.69) is 18.3 Å². The van der Waals surface area contributed by atoms with Crippen LogP contribution >= 0.6 is 0 Å². The monoisotopic (exact) mass is 141 g/mol. The predicted molar refractivity (Wildman–Crippen MR) is 41.9 cm³/mol. The third-order valence-electron chi connectivity index (χ3n) is 1.76. The second kappa shape index (κ2) is 2.72. The molecule has 1 atom stereocenters. The molecule has 0 amide bonds. The van der Waals surface area contributed by atoms with Crippen molar-refractivity contribution in [3.8, 4) is 0 Å². The Morgan fingerprint density at radius 1 is 1.70 bits per heavy atom. The molecule has 0 aliphatic carbocycles. The van der Waals surface area contributed by atoms with E-state index in [4.69, 9.17) is 0 Å². The fourth-order valence-electron chi connectivity index (χ4n) is 1.32. The molecule has 0 fully saturated rings. The first-order valence-corrected chi connectivity index (χ1v) is 3.69. The minimum atomic E-state index is -0.545. The lowest BCUT2D eigenvalue weighted by atomic mass is 9.99. The van der Waals surface area contributed by atoms with Crippen LogP contribution in [0.25, 0.3) is 0 Å². The van der Waals surface area contributed by atoms with Crippen LogP contribution in [-0.2, 0) is 0 Å². The summed E-state index contributed by atoms with van der Waals surface area (Å²) < 4.78 is 0. The summed E-state index contributed by atoms with van der Waals surface area (Å²) in [6, 6.07) is 0. The molecule has 10 heavy (non-hydrogen) atoms. The average molecular weight is 141 g/mol. The molecule has 1 aliphatic rings. The minimum absolute atomic E-state index is 0.545. The van der Waals surface area contributed by atoms with Crippen LogP contribution in [0, 0.1) is 0 Å². The summed E-state index contributed by atoms with van der Waals surface area (Å²) in [4.78, 5) is 0. The molecule has 1 rings (SSSR count). The molecule has 0 spiro atoms. The highest BCUT2D eigenvalue weighted by Gasteiger charge is 2.21. The first-order valence-electron chi connectivity index (χ1n) is 3.69. The summed E-state index contributed by atoms with van der Waals surface area (Å²) in [6.45, 7) is 5.51. The molecule has 1 aliphatic heterocycles. The van der Waals surface area contributed by atoms with E-state index in [1.165, 1.54) is 5.57 Å². The lowest BCUT2D eigenvalue weighted by Gasteiger charge is -2.21. The van der Waals surface area contributed by atoms with Gasteiger partial charge in [-0.15, -0.1) is 0 Å². The van der Waals surface area contributed by atoms with Crippen LogP contribution in [0.15, 0.2) is 11.6 Å². The second-order valence-corrected chi connectivity index (χ2v) is 3.36. The summed E-state index contributed by atoms with van der Waals surface area (Å²) in [5.74, 6) is 0. The van der Waals surface area contributed by atoms with E-state index in [1.54, 1.807) is 0 Å². The zero-order valence-corrected chi connectivity index (χ0v) is 6.65. The lowest BCUT2D eigenvalue weighted by Crippen LogP contribution is -2.36. The van der Waals surface area contributed by atoms with Crippen LogP contribution in [0.4, 0.5) is 0 Å². The average Bonchev–Trinajstić information content (AvgIpc) is 1.90. The number of hydrogen-bond donors (Lipinski definition) is 2. The van der Waals surface area contributed by atoms with Gasteiger partial charge in [-0.25, -0.2) is 0 Å². The van der Waals surface area contributed by atoms with Crippen molar-refractivity contribution in [2.75, 3.05) is 13.1 Å². The van der Waals surface area contributed by atoms with E-state index < -0.39 is 5.60 Å². The molecular formula is C8H15NO. The van der Waals surface area contributed by atoms with Crippen LogP contribution in [0.5, 0.6) is 0 Å². The van der Waals surface area contributed by atoms with Crippen molar-refractivity contribution in [1.82, 2.24) is 5.32 Å². The summed E-state index contributed by atoms with van der Waals surface area (Å²) >= 11 is 0. The Morgan fingerprint density at radius 3 is 3.10 bits per heavy atom. The van der Waals surface area contributed by atoms with Gasteiger partial charge in [-0.3, -0.25) is 0 Å². The molecule has 0 bridgehead atoms. The van der Waals surface area contributed by atoms with Gasteiger partial charge in [0.2, 0.25) is 0 Å². The highest BCUT2D eigenvalue weighted by molar-refractivity contribution is 5.06. The second-order valence-electron chi connectivity index (χ2n) is 3.36. The van der Waals surface area contributed by atoms with Crippen molar-refractivity contribution >= 4 is 0 Å². The predicted octanol–water partition coefficient (Wildman–Crippen LogP) is 0.677. The fraction of sp³-hybridized carbons (Fsp3) is 0.750. The molecule has 58 valence electrons. The van der Waals surface area contributed by atoms with Gasteiger partial charge in [-0.2, -0.15) is 0 Å². The Morgan fingerprint density at radius 2 is 2.40 bits per heavy atom. The summed E-state index contributed by atoms with van der Waals surface area (Å²) in [5, 5.41) is 12.8. The van der Waals surface area contributed by atoms with Gasteiger partial charge < -0.3 is 10.4 Å². The highest BCUT2D eigenvalue weighted by Crippen LogP contribution is 2.16. The SMILES string of the molecule is CC1=CCNC[C@](C)(O)C1. The summed E-state index contributed by atoms with van der Waals surface area (Å²) in [6.07, 6.45) is 2.92. The van der Waals surface area contributed by atoms with Crippen molar-refractivity contribution < 1.29 is 5.11 Å². The van der Waals surface area contributed by atoms with Gasteiger partial charge in [0.15, 0.2) is 0 Å². The molecule has 0 aromatic carbocycles. The Bertz CT molecular complexity index is 149. The van der Waals surface area contributed by atoms with Crippen molar-refractivity contribution in [2.24, 2.45) is 0 Å². The Hall–Kier alpha value is -0.340. The van der Waals surface area contributed by atoms with Crippen molar-refractivity contribution in [3.63, 3.8) is 0 Å². The molecule has 0 radical (unpaired) electrons. The molecule has 0 aromatic rings. The van der Waals surface area contributed by atoms with E-state index in [0.717, 1.165) is 13.0 Å². The molecule has 0 saturated heterocycles. The molecular weight excluding hydrogens is 126 g/mol. The topological polar surface area (TPSA) is 32.3 Å². The Kier molecular flexibility index (Phi) is 2.11. The molecule has 0 unspecified atom stereocenters. The largest absolute Gasteiger partial charge is 0.389 e. The minimum Gasteiger partial charge on any atom is -0.389 e. The molecule has 2 N–H and O–H groups in total. The summed E-state index contributed by atoms with van der Waals surface area (Å²) in [7, 11) is 0. The zero-order chi connectivity index (χ0) is 7.61. The van der Waals surface area contributed by atoms with Gasteiger partial charge in [-0.05, 0) is 20.3 Å². The summed E-state index contributed by atoms with van der Waals surface area (Å²) in [5.41, 5.74) is 0.729. The number of β-amino-alcohol motifs (C(OH)–C–C–N with tert-alkyl or cyclic N) is 1. The smallest absolute Gasteiger partial charge is 0.0780 e. The van der Waals surface area contributed by atoms with Crippen LogP contribution in [-0.4, -0.2) is 23.8 Å². The van der Waals surface area contributed by atoms with E-state index in [9.17, 15) is 5.11 Å². The van der Waals surface area contributed by atoms with Gasteiger partial charge in [0.05, 0.1) is 5.60 Å². The number of hydrogen-bond acceptors (Lipinski definition) is 2. The van der Waals surface area contributed by atoms with E-state index in [1.807, 2.05) is 6.92 Å². The van der Waals surface area contributed by atoms with Crippen molar-refractivity contribution in [2.45, 2.75) is 25.9 Å². The molecule has 2 heteroatoms. The van der Waals surface area contributed by atoms with Crippen LogP contribution < -0.4 is 5.32 Å². The standard InChI is InChI=1S/C8H15NO/c1-7-3-4-9-6-8(2,10)5-7/h3,9-10H,4-6H2,1-2H3/t8-/m1/s1. The lowest BCUT2D eigenvalue weighted by molar-refractivity contribution is 0.0634. The van der Waals surface area contributed by atoms with Crippen molar-refractivity contribution in [1.29, 1.82) is 0 Å². The van der Waals surface area contributed by atoms with E-state index >= 15 is 0 Å². The van der Waals surface area contributed by atoms with Gasteiger partial charge >= 0.3 is 0 Å². The quantitative estimate of drug-likeness (QED) is 0.486. The first kappa shape index (κ1) is 7.76. The third kappa shape index (κ3) is 2.12. The van der Waals surface area contributed by atoms with Gasteiger partial charge in [0.25, 0.3) is 0 Å². The van der Waals surface area contributed by atoms with Crippen LogP contribution in [0.1, 0.15) is 20.3 Å². The maximum atomic E-state index is 9.62. The highest BCUT2D eigenvalue weighted by atomic mass is 16.3. The van der Waals surface area contributed by atoms with Crippen molar-refractivity contribution in [3.05, 3.63) is 11.6 Å². The normalized spacial score (nSPS) is 34.9. The van der Waals surface area contributed by atoms with E-state index in [-0.39, 0.29) is 0 Å². The van der Waals surface area contributed by atoms with Crippen LogP contribution in [0.3, 0.4) is 0 Å². The van der Waals surface area contributed by atoms with Gasteiger partial charge in [-0.1, -0.05) is 11.6 Å². The maximum Gasteiger partial charge on any atom is 0.0780 e. The Labute approximate surface area is 61.9 Å². The number of nitrogens with one attached hydrogen (secondary N) is 1. The number of aliphatic hydroxyl groups is 1. The molecule has 0 aromatic heterocycles. The molecule has 1 heterocycles. The molecule has 0 saturated carbocycles. The van der Waals surface area contributed by atoms with Gasteiger partial charge in [0, 0.05) is 13.1 Å². The van der Waals surface area contributed by atoms with E-state index in [0.29, 0.717) is 6.54 Å². The zero-order valence-electron chi connectivity index (χ0n) is 6.65. The van der Waals surface area contributed by atoms with Gasteiger partial charge in [0.1, 0.15) is 0 Å².